The molecule has 0 aromatic carbocycles. The summed E-state index contributed by atoms with van der Waals surface area (Å²) in [7, 11) is -3.24. The number of carbonyl (C=O) groups is 1. The van der Waals surface area contributed by atoms with E-state index in [4.69, 9.17) is 9.16 Å². The number of amides is 1. The average Bonchev–Trinajstić information content (AvgIpc) is 2.68. The van der Waals surface area contributed by atoms with E-state index < -0.39 is 21.9 Å². The number of hydrogen-bond donors (Lipinski definition) is 1. The Balaban J connectivity index is 5.57. The lowest BCUT2D eigenvalue weighted by Gasteiger charge is -2.41. The first-order chi connectivity index (χ1) is 15.6. The molecule has 200 valence electrons. The molecule has 0 fully saturated rings. The minimum atomic E-state index is -1.98. The minimum absolute atomic E-state index is 0.111. The maximum Gasteiger partial charge on any atom is 0.407 e. The van der Waals surface area contributed by atoms with Gasteiger partial charge in [0, 0.05) is 14.5 Å². The van der Waals surface area contributed by atoms with Gasteiger partial charge in [-0.05, 0) is 37.5 Å². The molecule has 1 amide bonds. The van der Waals surface area contributed by atoms with Gasteiger partial charge in [0.15, 0.2) is 8.32 Å². The van der Waals surface area contributed by atoms with Gasteiger partial charge in [0.2, 0.25) is 0 Å². The third-order valence-corrected chi connectivity index (χ3v) is 13.2. The summed E-state index contributed by atoms with van der Waals surface area (Å²) >= 11 is 0. The molecule has 2 atom stereocenters. The van der Waals surface area contributed by atoms with Crippen LogP contribution in [0.1, 0.15) is 86.0 Å². The molecule has 0 rings (SSSR count). The highest BCUT2D eigenvalue weighted by atomic mass is 28.4. The Morgan fingerprint density at radius 3 is 2.12 bits per heavy atom. The van der Waals surface area contributed by atoms with Crippen molar-refractivity contribution >= 4 is 22.5 Å². The van der Waals surface area contributed by atoms with Gasteiger partial charge in [-0.15, -0.1) is 6.58 Å². The molecule has 0 aliphatic carbocycles. The number of rotatable bonds is 17. The molecule has 0 heterocycles. The van der Waals surface area contributed by atoms with E-state index in [1.807, 2.05) is 19.1 Å². The van der Waals surface area contributed by atoms with Crippen LogP contribution in [0.4, 0.5) is 4.79 Å². The van der Waals surface area contributed by atoms with Gasteiger partial charge in [0.1, 0.15) is 0 Å². The maximum atomic E-state index is 12.9. The van der Waals surface area contributed by atoms with Crippen LogP contribution in [0.15, 0.2) is 24.8 Å². The van der Waals surface area contributed by atoms with Gasteiger partial charge >= 0.3 is 6.09 Å². The van der Waals surface area contributed by atoms with Gasteiger partial charge in [-0.25, -0.2) is 4.79 Å². The number of ether oxygens (including phenoxy) is 1. The molecule has 0 radical (unpaired) electrons. The molecule has 0 saturated heterocycles. The minimum Gasteiger partial charge on any atom is -0.450 e. The predicted molar refractivity (Wildman–Crippen MR) is 155 cm³/mol. The van der Waals surface area contributed by atoms with E-state index in [2.05, 4.69) is 78.4 Å². The van der Waals surface area contributed by atoms with Crippen LogP contribution in [0.2, 0.25) is 43.8 Å². The van der Waals surface area contributed by atoms with Gasteiger partial charge < -0.3 is 14.5 Å². The Hall–Kier alpha value is -0.856. The fourth-order valence-corrected chi connectivity index (χ4v) is 5.73. The second-order valence-electron chi connectivity index (χ2n) is 12.6. The smallest absolute Gasteiger partial charge is 0.407 e. The largest absolute Gasteiger partial charge is 0.450 e. The Bertz CT molecular complexity index is 620. The van der Waals surface area contributed by atoms with E-state index in [1.54, 1.807) is 0 Å². The van der Waals surface area contributed by atoms with Gasteiger partial charge in [0.25, 0.3) is 0 Å². The molecule has 6 heteroatoms. The van der Waals surface area contributed by atoms with Gasteiger partial charge in [-0.3, -0.25) is 0 Å². The monoisotopic (exact) mass is 511 g/mol. The lowest BCUT2D eigenvalue weighted by Crippen LogP contribution is -2.51. The number of carbonyl (C=O) groups excluding carboxylic acids is 1. The van der Waals surface area contributed by atoms with Gasteiger partial charge in [-0.2, -0.15) is 0 Å². The molecule has 4 nitrogen and oxygen atoms in total. The molecule has 1 unspecified atom stereocenters. The third kappa shape index (κ3) is 13.9. The first-order valence-corrected chi connectivity index (χ1v) is 20.1. The summed E-state index contributed by atoms with van der Waals surface area (Å²) < 4.78 is 12.4. The molecule has 0 aromatic rings. The van der Waals surface area contributed by atoms with Crippen LogP contribution in [-0.4, -0.2) is 40.7 Å². The molecule has 0 saturated carbocycles. The van der Waals surface area contributed by atoms with Crippen molar-refractivity contribution in [2.75, 3.05) is 6.61 Å². The molecule has 0 aliphatic rings. The average molecular weight is 512 g/mol. The first-order valence-electron chi connectivity index (χ1n) is 13.5. The third-order valence-electron chi connectivity index (χ3n) is 6.98. The molecule has 1 N–H and O–H groups in total. The van der Waals surface area contributed by atoms with Crippen molar-refractivity contribution in [1.82, 2.24) is 5.32 Å². The van der Waals surface area contributed by atoms with Gasteiger partial charge in [-0.1, -0.05) is 104 Å². The SMILES string of the molecule is C=CC(C[C@](/C=C\C)(CCCCCCCC)NC(=O)OCC[Si](C)(C)C)O[Si](C)(C)C(C)(C)C. The Kier molecular flexibility index (Phi) is 14.9. The zero-order valence-electron chi connectivity index (χ0n) is 24.3. The molecular formula is C28H57NO3Si2. The van der Waals surface area contributed by atoms with E-state index in [9.17, 15) is 4.79 Å². The first kappa shape index (κ1) is 33.1. The molecule has 34 heavy (non-hydrogen) atoms. The lowest BCUT2D eigenvalue weighted by atomic mass is 9.85. The quantitative estimate of drug-likeness (QED) is 0.120. The van der Waals surface area contributed by atoms with Crippen molar-refractivity contribution in [3.05, 3.63) is 24.8 Å². The molecular weight excluding hydrogens is 454 g/mol. The number of unbranched alkanes of at least 4 members (excludes halogenated alkanes) is 5. The van der Waals surface area contributed by atoms with Crippen LogP contribution in [0.5, 0.6) is 0 Å². The summed E-state index contributed by atoms with van der Waals surface area (Å²) in [6, 6.07) is 0.970. The zero-order chi connectivity index (χ0) is 26.5. The van der Waals surface area contributed by atoms with Gasteiger partial charge in [0.05, 0.1) is 18.2 Å². The summed E-state index contributed by atoms with van der Waals surface area (Å²) in [6.45, 7) is 27.0. The van der Waals surface area contributed by atoms with Crippen LogP contribution in [-0.2, 0) is 9.16 Å². The van der Waals surface area contributed by atoms with Crippen molar-refractivity contribution in [2.24, 2.45) is 0 Å². The summed E-state index contributed by atoms with van der Waals surface area (Å²) in [5, 5.41) is 3.38. The maximum absolute atomic E-state index is 12.9. The molecule has 0 bridgehead atoms. The summed E-state index contributed by atoms with van der Waals surface area (Å²) in [5.74, 6) is 0. The second-order valence-corrected chi connectivity index (χ2v) is 23.0. The standard InChI is InChI=1S/C28H57NO3Si2/c1-12-15-16-17-18-19-21-28(20-13-2,29-26(30)31-22-23-33(7,8)9)24-25(14-3)32-34(10,11)27(4,5)6/h13-14,20,25H,3,12,15-19,21-24H2,1-2,4-11H3,(H,29,30)/b20-13-/t25?,28-/m0/s1. The highest BCUT2D eigenvalue weighted by Crippen LogP contribution is 2.38. The fraction of sp³-hybridized carbons (Fsp3) is 0.821. The van der Waals surface area contributed by atoms with Crippen LogP contribution in [0.3, 0.4) is 0 Å². The summed E-state index contributed by atoms with van der Waals surface area (Å²) in [6.07, 6.45) is 14.5. The molecule has 0 spiro atoms. The number of hydrogen-bond acceptors (Lipinski definition) is 3. The Labute approximate surface area is 214 Å². The fourth-order valence-electron chi connectivity index (χ4n) is 3.73. The normalized spacial score (nSPS) is 15.7. The highest BCUT2D eigenvalue weighted by Gasteiger charge is 2.41. The number of allylic oxidation sites excluding steroid dienone is 1. The Morgan fingerprint density at radius 1 is 1.03 bits per heavy atom. The van der Waals surface area contributed by atoms with Crippen LogP contribution < -0.4 is 5.32 Å². The van der Waals surface area contributed by atoms with Crippen LogP contribution in [0.25, 0.3) is 0 Å². The van der Waals surface area contributed by atoms with E-state index in [1.165, 1.54) is 32.1 Å². The lowest BCUT2D eigenvalue weighted by molar-refractivity contribution is 0.128. The predicted octanol–water partition coefficient (Wildman–Crippen LogP) is 9.08. The number of nitrogens with one attached hydrogen (secondary N) is 1. The van der Waals surface area contributed by atoms with E-state index in [0.29, 0.717) is 13.0 Å². The summed E-state index contributed by atoms with van der Waals surface area (Å²) in [4.78, 5) is 12.9. The van der Waals surface area contributed by atoms with Crippen molar-refractivity contribution in [3.63, 3.8) is 0 Å². The highest BCUT2D eigenvalue weighted by molar-refractivity contribution is 6.76. The van der Waals surface area contributed by atoms with Crippen molar-refractivity contribution in [2.45, 2.75) is 141 Å². The molecule has 0 aromatic heterocycles. The van der Waals surface area contributed by atoms with Crippen molar-refractivity contribution in [1.29, 1.82) is 0 Å². The topological polar surface area (TPSA) is 47.6 Å². The second kappa shape index (κ2) is 15.3. The summed E-state index contributed by atoms with van der Waals surface area (Å²) in [5.41, 5.74) is -0.503. The van der Waals surface area contributed by atoms with Crippen LogP contribution >= 0.6 is 0 Å². The van der Waals surface area contributed by atoms with Crippen molar-refractivity contribution < 1.29 is 14.0 Å². The van der Waals surface area contributed by atoms with Crippen molar-refractivity contribution in [3.8, 4) is 0 Å². The molecule has 0 aliphatic heterocycles. The van der Waals surface area contributed by atoms with E-state index in [-0.39, 0.29) is 17.2 Å². The van der Waals surface area contributed by atoms with E-state index in [0.717, 1.165) is 18.9 Å². The van der Waals surface area contributed by atoms with Crippen LogP contribution in [0, 0.1) is 0 Å². The van der Waals surface area contributed by atoms with E-state index >= 15 is 0 Å². The Morgan fingerprint density at radius 2 is 1.62 bits per heavy atom. The zero-order valence-corrected chi connectivity index (χ0v) is 26.3. The number of alkyl carbamates (subject to hydrolysis) is 1.